The van der Waals surface area contributed by atoms with Gasteiger partial charge < -0.3 is 15.4 Å². The first kappa shape index (κ1) is 19.1. The zero-order chi connectivity index (χ0) is 19.1. The molecule has 0 aromatic heterocycles. The lowest BCUT2D eigenvalue weighted by Crippen LogP contribution is -2.32. The first-order chi connectivity index (χ1) is 12.3. The SMILES string of the molecule is Cc1ccc(NC(=O)COC(=O)CNC(=O)c2ccc(F)cc2)cc1C. The lowest BCUT2D eigenvalue weighted by atomic mass is 10.1. The van der Waals surface area contributed by atoms with E-state index in [0.29, 0.717) is 5.69 Å². The highest BCUT2D eigenvalue weighted by atomic mass is 19.1. The number of hydrogen-bond acceptors (Lipinski definition) is 4. The number of halogens is 1. The van der Waals surface area contributed by atoms with Gasteiger partial charge in [-0.1, -0.05) is 6.07 Å². The Hall–Kier alpha value is -3.22. The van der Waals surface area contributed by atoms with Crippen LogP contribution in [0.25, 0.3) is 0 Å². The van der Waals surface area contributed by atoms with Gasteiger partial charge in [0.2, 0.25) is 0 Å². The van der Waals surface area contributed by atoms with Gasteiger partial charge in [0.1, 0.15) is 12.4 Å². The van der Waals surface area contributed by atoms with E-state index in [9.17, 15) is 18.8 Å². The van der Waals surface area contributed by atoms with Gasteiger partial charge >= 0.3 is 5.97 Å². The molecule has 0 saturated carbocycles. The Morgan fingerprint density at radius 3 is 2.35 bits per heavy atom. The predicted molar refractivity (Wildman–Crippen MR) is 94.2 cm³/mol. The van der Waals surface area contributed by atoms with Crippen molar-refractivity contribution in [1.29, 1.82) is 0 Å². The molecule has 0 fully saturated rings. The van der Waals surface area contributed by atoms with Crippen LogP contribution in [0.2, 0.25) is 0 Å². The van der Waals surface area contributed by atoms with Crippen LogP contribution < -0.4 is 10.6 Å². The summed E-state index contributed by atoms with van der Waals surface area (Å²) in [6.07, 6.45) is 0. The average molecular weight is 358 g/mol. The maximum Gasteiger partial charge on any atom is 0.325 e. The number of amides is 2. The highest BCUT2D eigenvalue weighted by Crippen LogP contribution is 2.13. The quantitative estimate of drug-likeness (QED) is 0.777. The normalized spacial score (nSPS) is 10.1. The van der Waals surface area contributed by atoms with E-state index in [1.54, 1.807) is 6.07 Å². The number of carbonyl (C=O) groups is 3. The Morgan fingerprint density at radius 2 is 1.69 bits per heavy atom. The second-order valence-electron chi connectivity index (χ2n) is 5.70. The van der Waals surface area contributed by atoms with Crippen molar-refractivity contribution < 1.29 is 23.5 Å². The lowest BCUT2D eigenvalue weighted by Gasteiger charge is -2.09. The molecule has 2 N–H and O–H groups in total. The van der Waals surface area contributed by atoms with E-state index in [2.05, 4.69) is 10.6 Å². The Labute approximate surface area is 150 Å². The number of anilines is 1. The molecule has 0 spiro atoms. The van der Waals surface area contributed by atoms with Crippen LogP contribution in [0.5, 0.6) is 0 Å². The number of carbonyl (C=O) groups excluding carboxylic acids is 3. The van der Waals surface area contributed by atoms with Gasteiger partial charge in [0, 0.05) is 11.3 Å². The molecule has 0 radical (unpaired) electrons. The van der Waals surface area contributed by atoms with Crippen molar-refractivity contribution in [3.63, 3.8) is 0 Å². The van der Waals surface area contributed by atoms with Crippen molar-refractivity contribution in [2.45, 2.75) is 13.8 Å². The Kier molecular flexibility index (Phi) is 6.43. The van der Waals surface area contributed by atoms with Crippen molar-refractivity contribution in [2.75, 3.05) is 18.5 Å². The van der Waals surface area contributed by atoms with E-state index in [4.69, 9.17) is 4.74 Å². The van der Waals surface area contributed by atoms with Crippen LogP contribution in [0.1, 0.15) is 21.5 Å². The molecule has 0 bridgehead atoms. The Morgan fingerprint density at radius 1 is 1.00 bits per heavy atom. The van der Waals surface area contributed by atoms with Crippen molar-refractivity contribution in [3.8, 4) is 0 Å². The molecule has 6 nitrogen and oxygen atoms in total. The lowest BCUT2D eigenvalue weighted by molar-refractivity contribution is -0.146. The maximum atomic E-state index is 12.8. The molecular weight excluding hydrogens is 339 g/mol. The highest BCUT2D eigenvalue weighted by molar-refractivity contribution is 5.96. The molecule has 7 heteroatoms. The number of nitrogens with one attached hydrogen (secondary N) is 2. The Bertz CT molecular complexity index is 819. The summed E-state index contributed by atoms with van der Waals surface area (Å²) in [5.41, 5.74) is 2.96. The minimum atomic E-state index is -0.754. The maximum absolute atomic E-state index is 12.8. The molecule has 0 heterocycles. The third-order valence-corrected chi connectivity index (χ3v) is 3.65. The van der Waals surface area contributed by atoms with E-state index in [-0.39, 0.29) is 5.56 Å². The minimum absolute atomic E-state index is 0.215. The number of rotatable bonds is 6. The molecule has 2 aromatic carbocycles. The fourth-order valence-corrected chi connectivity index (χ4v) is 2.07. The van der Waals surface area contributed by atoms with Gasteiger partial charge in [0.05, 0.1) is 0 Å². The summed E-state index contributed by atoms with van der Waals surface area (Å²) >= 11 is 0. The van der Waals surface area contributed by atoms with E-state index >= 15 is 0 Å². The molecular formula is C19H19FN2O4. The molecule has 0 aliphatic carbocycles. The summed E-state index contributed by atoms with van der Waals surface area (Å²) < 4.78 is 17.6. The van der Waals surface area contributed by atoms with E-state index in [0.717, 1.165) is 23.3 Å². The number of esters is 1. The van der Waals surface area contributed by atoms with Crippen molar-refractivity contribution in [3.05, 3.63) is 65.0 Å². The number of hydrogen-bond donors (Lipinski definition) is 2. The van der Waals surface area contributed by atoms with Crippen LogP contribution in [0.4, 0.5) is 10.1 Å². The number of benzene rings is 2. The smallest absolute Gasteiger partial charge is 0.325 e. The summed E-state index contributed by atoms with van der Waals surface area (Å²) in [7, 11) is 0. The molecule has 2 amide bonds. The topological polar surface area (TPSA) is 84.5 Å². The van der Waals surface area contributed by atoms with Crippen LogP contribution in [0.3, 0.4) is 0 Å². The molecule has 26 heavy (non-hydrogen) atoms. The van der Waals surface area contributed by atoms with E-state index in [1.165, 1.54) is 12.1 Å². The van der Waals surface area contributed by atoms with Gasteiger partial charge in [0.25, 0.3) is 11.8 Å². The molecule has 0 saturated heterocycles. The molecule has 0 aliphatic rings. The first-order valence-electron chi connectivity index (χ1n) is 7.91. The third kappa shape index (κ3) is 5.70. The zero-order valence-corrected chi connectivity index (χ0v) is 14.5. The monoisotopic (exact) mass is 358 g/mol. The summed E-state index contributed by atoms with van der Waals surface area (Å²) in [6, 6.07) is 10.3. The summed E-state index contributed by atoms with van der Waals surface area (Å²) in [5, 5.41) is 4.96. The molecule has 0 unspecified atom stereocenters. The van der Waals surface area contributed by atoms with Crippen molar-refractivity contribution in [1.82, 2.24) is 5.32 Å². The number of ether oxygens (including phenoxy) is 1. The van der Waals surface area contributed by atoms with Crippen molar-refractivity contribution in [2.24, 2.45) is 0 Å². The molecule has 0 aliphatic heterocycles. The van der Waals surface area contributed by atoms with Crippen molar-refractivity contribution >= 4 is 23.5 Å². The summed E-state index contributed by atoms with van der Waals surface area (Å²) in [6.45, 7) is 3.03. The van der Waals surface area contributed by atoms with E-state index < -0.39 is 36.8 Å². The molecule has 0 atom stereocenters. The van der Waals surface area contributed by atoms with Gasteiger partial charge in [0.15, 0.2) is 6.61 Å². The van der Waals surface area contributed by atoms with Gasteiger partial charge in [-0.3, -0.25) is 14.4 Å². The second kappa shape index (κ2) is 8.75. The zero-order valence-electron chi connectivity index (χ0n) is 14.5. The van der Waals surface area contributed by atoms with Crippen LogP contribution in [-0.4, -0.2) is 30.9 Å². The third-order valence-electron chi connectivity index (χ3n) is 3.65. The van der Waals surface area contributed by atoms with Crippen LogP contribution in [0.15, 0.2) is 42.5 Å². The largest absolute Gasteiger partial charge is 0.454 e. The van der Waals surface area contributed by atoms with E-state index in [1.807, 2.05) is 26.0 Å². The van der Waals surface area contributed by atoms with Gasteiger partial charge in [-0.2, -0.15) is 0 Å². The van der Waals surface area contributed by atoms with Gasteiger partial charge in [-0.25, -0.2) is 4.39 Å². The molecule has 2 rings (SSSR count). The Balaban J connectivity index is 1.73. The van der Waals surface area contributed by atoms with Crippen LogP contribution >= 0.6 is 0 Å². The summed E-state index contributed by atoms with van der Waals surface area (Å²) in [5.74, 6) is -2.24. The average Bonchev–Trinajstić information content (AvgIpc) is 2.61. The number of aryl methyl sites for hydroxylation is 2. The molecule has 136 valence electrons. The first-order valence-corrected chi connectivity index (χ1v) is 7.91. The summed E-state index contributed by atoms with van der Waals surface area (Å²) in [4.78, 5) is 35.2. The highest BCUT2D eigenvalue weighted by Gasteiger charge is 2.11. The van der Waals surface area contributed by atoms with Crippen LogP contribution in [-0.2, 0) is 14.3 Å². The fraction of sp³-hybridized carbons (Fsp3) is 0.211. The fourth-order valence-electron chi connectivity index (χ4n) is 2.07. The van der Waals surface area contributed by atoms with Gasteiger partial charge in [-0.15, -0.1) is 0 Å². The second-order valence-corrected chi connectivity index (χ2v) is 5.70. The molecule has 2 aromatic rings. The van der Waals surface area contributed by atoms with Gasteiger partial charge in [-0.05, 0) is 61.4 Å². The van der Waals surface area contributed by atoms with Crippen LogP contribution in [0, 0.1) is 19.7 Å². The minimum Gasteiger partial charge on any atom is -0.454 e. The predicted octanol–water partition coefficient (Wildman–Crippen LogP) is 2.35. The standard InChI is InChI=1S/C19H19FN2O4/c1-12-3-8-16(9-13(12)2)22-17(23)11-26-18(24)10-21-19(25)14-4-6-15(20)7-5-14/h3-9H,10-11H2,1-2H3,(H,21,25)(H,22,23).